The third-order valence-electron chi connectivity index (χ3n) is 2.66. The van der Waals surface area contributed by atoms with Gasteiger partial charge in [0.15, 0.2) is 0 Å². The van der Waals surface area contributed by atoms with Crippen LogP contribution in [-0.2, 0) is 6.54 Å². The van der Waals surface area contributed by atoms with Gasteiger partial charge in [0.1, 0.15) is 0 Å². The van der Waals surface area contributed by atoms with Crippen molar-refractivity contribution in [3.63, 3.8) is 0 Å². The lowest BCUT2D eigenvalue weighted by molar-refractivity contribution is 1.01. The van der Waals surface area contributed by atoms with Crippen molar-refractivity contribution < 1.29 is 0 Å². The fraction of sp³-hybridized carbons (Fsp3) is 0.231. The number of rotatable bonds is 2. The first-order valence-corrected chi connectivity index (χ1v) is 5.15. The molecule has 78 valence electrons. The fourth-order valence-corrected chi connectivity index (χ4v) is 1.85. The minimum atomic E-state index is 0.560. The molecule has 0 aliphatic heterocycles. The van der Waals surface area contributed by atoms with Gasteiger partial charge in [-0.15, -0.1) is 0 Å². The summed E-state index contributed by atoms with van der Waals surface area (Å²) in [5.41, 5.74) is 11.7. The molecule has 0 saturated heterocycles. The second-order valence-electron chi connectivity index (χ2n) is 3.94. The Labute approximate surface area is 90.1 Å². The van der Waals surface area contributed by atoms with Crippen LogP contribution in [0, 0.1) is 13.8 Å². The van der Waals surface area contributed by atoms with Gasteiger partial charge in [0, 0.05) is 18.4 Å². The van der Waals surface area contributed by atoms with Crippen LogP contribution >= 0.6 is 0 Å². The fourth-order valence-electron chi connectivity index (χ4n) is 1.85. The van der Waals surface area contributed by atoms with Gasteiger partial charge in [-0.3, -0.25) is 0 Å². The molecular weight excluding hydrogens is 184 g/mol. The first kappa shape index (κ1) is 9.99. The Balaban J connectivity index is 2.44. The molecule has 2 heteroatoms. The standard InChI is InChI=1S/C13H16N2/c1-9-3-4-13(10(2)5-9)11-6-12(7-14)15-8-11/h3-6,8,15H,7,14H2,1-2H3. The molecule has 0 aliphatic rings. The summed E-state index contributed by atoms with van der Waals surface area (Å²) in [4.78, 5) is 3.17. The van der Waals surface area contributed by atoms with E-state index in [1.807, 2.05) is 6.20 Å². The molecule has 0 amide bonds. The Morgan fingerprint density at radius 2 is 2.00 bits per heavy atom. The molecular formula is C13H16N2. The van der Waals surface area contributed by atoms with E-state index in [1.54, 1.807) is 0 Å². The summed E-state index contributed by atoms with van der Waals surface area (Å²) in [6, 6.07) is 8.60. The minimum Gasteiger partial charge on any atom is -0.363 e. The van der Waals surface area contributed by atoms with E-state index in [0.29, 0.717) is 6.54 Å². The van der Waals surface area contributed by atoms with Crippen LogP contribution in [-0.4, -0.2) is 4.98 Å². The molecule has 0 bridgehead atoms. The topological polar surface area (TPSA) is 41.8 Å². The second-order valence-corrected chi connectivity index (χ2v) is 3.94. The van der Waals surface area contributed by atoms with Gasteiger partial charge >= 0.3 is 0 Å². The van der Waals surface area contributed by atoms with Gasteiger partial charge < -0.3 is 10.7 Å². The predicted octanol–water partition coefficient (Wildman–Crippen LogP) is 2.76. The van der Waals surface area contributed by atoms with E-state index in [0.717, 1.165) is 5.69 Å². The van der Waals surface area contributed by atoms with Crippen molar-refractivity contribution in [2.24, 2.45) is 5.73 Å². The molecule has 0 radical (unpaired) electrons. The molecule has 1 aromatic heterocycles. The van der Waals surface area contributed by atoms with E-state index < -0.39 is 0 Å². The Bertz CT molecular complexity index is 469. The smallest absolute Gasteiger partial charge is 0.0332 e. The second kappa shape index (κ2) is 3.91. The predicted molar refractivity (Wildman–Crippen MR) is 63.6 cm³/mol. The molecule has 0 aliphatic carbocycles. The third kappa shape index (κ3) is 1.95. The molecule has 2 rings (SSSR count). The van der Waals surface area contributed by atoms with Gasteiger partial charge in [0.2, 0.25) is 0 Å². The zero-order valence-corrected chi connectivity index (χ0v) is 9.17. The summed E-state index contributed by atoms with van der Waals surface area (Å²) in [5, 5.41) is 0. The summed E-state index contributed by atoms with van der Waals surface area (Å²) < 4.78 is 0. The summed E-state index contributed by atoms with van der Waals surface area (Å²) in [7, 11) is 0. The normalized spacial score (nSPS) is 10.6. The Morgan fingerprint density at radius 1 is 1.20 bits per heavy atom. The van der Waals surface area contributed by atoms with E-state index in [9.17, 15) is 0 Å². The summed E-state index contributed by atoms with van der Waals surface area (Å²) >= 11 is 0. The number of hydrogen-bond donors (Lipinski definition) is 2. The van der Waals surface area contributed by atoms with Crippen LogP contribution in [0.3, 0.4) is 0 Å². The number of aromatic nitrogens is 1. The number of benzene rings is 1. The van der Waals surface area contributed by atoms with Crippen molar-refractivity contribution in [2.45, 2.75) is 20.4 Å². The van der Waals surface area contributed by atoms with Crippen molar-refractivity contribution in [3.8, 4) is 11.1 Å². The molecule has 0 saturated carbocycles. The minimum absolute atomic E-state index is 0.560. The van der Waals surface area contributed by atoms with Crippen LogP contribution in [0.4, 0.5) is 0 Å². The molecule has 0 fully saturated rings. The zero-order chi connectivity index (χ0) is 10.8. The maximum absolute atomic E-state index is 5.57. The Morgan fingerprint density at radius 3 is 2.60 bits per heavy atom. The number of nitrogens with one attached hydrogen (secondary N) is 1. The highest BCUT2D eigenvalue weighted by molar-refractivity contribution is 5.67. The van der Waals surface area contributed by atoms with Gasteiger partial charge in [-0.25, -0.2) is 0 Å². The summed E-state index contributed by atoms with van der Waals surface area (Å²) in [6.07, 6.45) is 2.01. The van der Waals surface area contributed by atoms with Crippen LogP contribution < -0.4 is 5.73 Å². The van der Waals surface area contributed by atoms with Crippen LogP contribution in [0.2, 0.25) is 0 Å². The zero-order valence-electron chi connectivity index (χ0n) is 9.17. The van der Waals surface area contributed by atoms with E-state index in [2.05, 4.69) is 43.1 Å². The van der Waals surface area contributed by atoms with Crippen molar-refractivity contribution >= 4 is 0 Å². The number of aryl methyl sites for hydroxylation is 2. The van der Waals surface area contributed by atoms with E-state index in [1.165, 1.54) is 22.3 Å². The van der Waals surface area contributed by atoms with Gasteiger partial charge in [0.05, 0.1) is 0 Å². The quantitative estimate of drug-likeness (QED) is 0.769. The van der Waals surface area contributed by atoms with Crippen molar-refractivity contribution in [3.05, 3.63) is 47.3 Å². The highest BCUT2D eigenvalue weighted by Gasteiger charge is 2.03. The van der Waals surface area contributed by atoms with E-state index in [4.69, 9.17) is 5.73 Å². The number of hydrogen-bond acceptors (Lipinski definition) is 1. The average Bonchev–Trinajstić information content (AvgIpc) is 2.66. The number of H-pyrrole nitrogens is 1. The van der Waals surface area contributed by atoms with E-state index in [-0.39, 0.29) is 0 Å². The molecule has 2 nitrogen and oxygen atoms in total. The highest BCUT2D eigenvalue weighted by Crippen LogP contribution is 2.24. The average molecular weight is 200 g/mol. The Hall–Kier alpha value is -1.54. The molecule has 0 atom stereocenters. The van der Waals surface area contributed by atoms with Crippen molar-refractivity contribution in [1.82, 2.24) is 4.98 Å². The molecule has 2 aromatic rings. The molecule has 0 unspecified atom stereocenters. The van der Waals surface area contributed by atoms with Gasteiger partial charge in [-0.1, -0.05) is 23.8 Å². The van der Waals surface area contributed by atoms with Gasteiger partial charge in [-0.2, -0.15) is 0 Å². The summed E-state index contributed by atoms with van der Waals surface area (Å²) in [5.74, 6) is 0. The van der Waals surface area contributed by atoms with Crippen molar-refractivity contribution in [1.29, 1.82) is 0 Å². The Kier molecular flexibility index (Phi) is 2.60. The summed E-state index contributed by atoms with van der Waals surface area (Å²) in [6.45, 7) is 4.81. The molecule has 1 aromatic carbocycles. The van der Waals surface area contributed by atoms with Gasteiger partial charge in [-0.05, 0) is 36.6 Å². The van der Waals surface area contributed by atoms with E-state index >= 15 is 0 Å². The van der Waals surface area contributed by atoms with Crippen LogP contribution in [0.5, 0.6) is 0 Å². The molecule has 0 spiro atoms. The van der Waals surface area contributed by atoms with Crippen LogP contribution in [0.15, 0.2) is 30.5 Å². The lowest BCUT2D eigenvalue weighted by Crippen LogP contribution is -1.94. The van der Waals surface area contributed by atoms with Crippen molar-refractivity contribution in [2.75, 3.05) is 0 Å². The number of nitrogens with two attached hydrogens (primary N) is 1. The number of aromatic amines is 1. The molecule has 3 N–H and O–H groups in total. The largest absolute Gasteiger partial charge is 0.363 e. The third-order valence-corrected chi connectivity index (χ3v) is 2.66. The highest BCUT2D eigenvalue weighted by atomic mass is 14.7. The maximum Gasteiger partial charge on any atom is 0.0332 e. The molecule has 1 heterocycles. The maximum atomic E-state index is 5.57. The van der Waals surface area contributed by atoms with Gasteiger partial charge in [0.25, 0.3) is 0 Å². The first-order valence-electron chi connectivity index (χ1n) is 5.15. The van der Waals surface area contributed by atoms with Crippen LogP contribution in [0.1, 0.15) is 16.8 Å². The lowest BCUT2D eigenvalue weighted by Gasteiger charge is -2.04. The lowest BCUT2D eigenvalue weighted by atomic mass is 10.0. The monoisotopic (exact) mass is 200 g/mol. The van der Waals surface area contributed by atoms with Crippen LogP contribution in [0.25, 0.3) is 11.1 Å². The first-order chi connectivity index (χ1) is 7.20. The SMILES string of the molecule is Cc1ccc(-c2c[nH]c(CN)c2)c(C)c1. The molecule has 15 heavy (non-hydrogen) atoms.